The Morgan fingerprint density at radius 1 is 1.67 bits per heavy atom. The second-order valence-electron chi connectivity index (χ2n) is 3.05. The molecule has 3 nitrogen and oxygen atoms in total. The summed E-state index contributed by atoms with van der Waals surface area (Å²) in [4.78, 5) is 10.6. The van der Waals surface area contributed by atoms with E-state index in [1.165, 1.54) is 7.11 Å². The molecule has 1 aromatic carbocycles. The van der Waals surface area contributed by atoms with E-state index in [4.69, 9.17) is 21.4 Å². The molecule has 1 N–H and O–H groups in total. The first kappa shape index (κ1) is 11.8. The number of hydrogen-bond acceptors (Lipinski definition) is 2. The van der Waals surface area contributed by atoms with E-state index in [1.54, 1.807) is 6.92 Å². The molecular weight excluding hydrogens is 223 g/mol. The summed E-state index contributed by atoms with van der Waals surface area (Å²) in [5, 5.41) is 8.87. The van der Waals surface area contributed by atoms with Gasteiger partial charge in [0.15, 0.2) is 11.6 Å². The van der Waals surface area contributed by atoms with Crippen LogP contribution in [-0.2, 0) is 11.2 Å². The molecule has 0 fully saturated rings. The first-order valence-electron chi connectivity index (χ1n) is 4.20. The predicted molar refractivity (Wildman–Crippen MR) is 54.0 cm³/mol. The van der Waals surface area contributed by atoms with Crippen molar-refractivity contribution in [3.8, 4) is 5.75 Å². The van der Waals surface area contributed by atoms with Crippen molar-refractivity contribution in [3.05, 3.63) is 28.0 Å². The Morgan fingerprint density at radius 2 is 2.27 bits per heavy atom. The number of carboxylic acid groups (broad SMARTS) is 1. The van der Waals surface area contributed by atoms with Crippen LogP contribution in [0.5, 0.6) is 5.75 Å². The van der Waals surface area contributed by atoms with Crippen molar-refractivity contribution in [1.82, 2.24) is 0 Å². The molecule has 0 amide bonds. The van der Waals surface area contributed by atoms with Gasteiger partial charge < -0.3 is 9.84 Å². The quantitative estimate of drug-likeness (QED) is 0.871. The fourth-order valence-corrected chi connectivity index (χ4v) is 1.54. The van der Waals surface area contributed by atoms with Crippen LogP contribution >= 0.6 is 11.6 Å². The second kappa shape index (κ2) is 4.49. The molecule has 0 heterocycles. The van der Waals surface area contributed by atoms with E-state index in [9.17, 15) is 9.18 Å². The van der Waals surface area contributed by atoms with Crippen molar-refractivity contribution < 1.29 is 19.0 Å². The molecule has 0 aliphatic carbocycles. The van der Waals surface area contributed by atoms with E-state index in [2.05, 4.69) is 0 Å². The number of carbonyl (C=O) groups is 1. The van der Waals surface area contributed by atoms with Crippen molar-refractivity contribution in [2.45, 2.75) is 13.3 Å². The summed E-state index contributed by atoms with van der Waals surface area (Å²) < 4.78 is 18.2. The molecule has 5 heteroatoms. The van der Waals surface area contributed by atoms with Crippen LogP contribution in [0.2, 0.25) is 5.02 Å². The summed E-state index contributed by atoms with van der Waals surface area (Å²) in [5.74, 6) is -1.76. The smallest absolute Gasteiger partial charge is 0.307 e. The average Bonchev–Trinajstić information content (AvgIpc) is 2.13. The molecule has 0 saturated heterocycles. The van der Waals surface area contributed by atoms with Gasteiger partial charge in [-0.05, 0) is 18.6 Å². The average molecular weight is 233 g/mol. The van der Waals surface area contributed by atoms with Crippen LogP contribution in [-0.4, -0.2) is 18.2 Å². The van der Waals surface area contributed by atoms with Crippen molar-refractivity contribution in [3.63, 3.8) is 0 Å². The number of hydrogen-bond donors (Lipinski definition) is 1. The summed E-state index contributed by atoms with van der Waals surface area (Å²) >= 11 is 5.74. The molecule has 15 heavy (non-hydrogen) atoms. The Hall–Kier alpha value is -1.29. The van der Waals surface area contributed by atoms with Gasteiger partial charge >= 0.3 is 5.97 Å². The van der Waals surface area contributed by atoms with Crippen LogP contribution in [0, 0.1) is 12.7 Å². The van der Waals surface area contributed by atoms with Gasteiger partial charge in [0.25, 0.3) is 0 Å². The highest BCUT2D eigenvalue weighted by molar-refractivity contribution is 6.31. The molecule has 0 radical (unpaired) electrons. The van der Waals surface area contributed by atoms with E-state index in [1.807, 2.05) is 0 Å². The Balaban J connectivity index is 3.36. The molecule has 0 unspecified atom stereocenters. The lowest BCUT2D eigenvalue weighted by molar-refractivity contribution is -0.136. The lowest BCUT2D eigenvalue weighted by atomic mass is 10.0. The lowest BCUT2D eigenvalue weighted by Crippen LogP contribution is -2.06. The second-order valence-corrected chi connectivity index (χ2v) is 3.45. The zero-order chi connectivity index (χ0) is 11.6. The molecule has 0 bridgehead atoms. The van der Waals surface area contributed by atoms with Crippen LogP contribution < -0.4 is 4.74 Å². The van der Waals surface area contributed by atoms with Crippen LogP contribution in [0.4, 0.5) is 4.39 Å². The number of ether oxygens (including phenoxy) is 1. The third-order valence-electron chi connectivity index (χ3n) is 2.09. The van der Waals surface area contributed by atoms with E-state index in [0.717, 1.165) is 6.07 Å². The Morgan fingerprint density at radius 3 is 2.73 bits per heavy atom. The fraction of sp³-hybridized carbons (Fsp3) is 0.300. The van der Waals surface area contributed by atoms with Crippen molar-refractivity contribution in [1.29, 1.82) is 0 Å². The van der Waals surface area contributed by atoms with Crippen LogP contribution in [0.25, 0.3) is 0 Å². The summed E-state index contributed by atoms with van der Waals surface area (Å²) in [6.07, 6.45) is -0.313. The van der Waals surface area contributed by atoms with Gasteiger partial charge in [-0.15, -0.1) is 0 Å². The summed E-state index contributed by atoms with van der Waals surface area (Å²) in [5.41, 5.74) is 0.798. The van der Waals surface area contributed by atoms with Gasteiger partial charge in [-0.1, -0.05) is 11.6 Å². The molecule has 82 valence electrons. The Kier molecular flexibility index (Phi) is 3.52. The highest BCUT2D eigenvalue weighted by Gasteiger charge is 2.17. The summed E-state index contributed by atoms with van der Waals surface area (Å²) in [6, 6.07) is 1.11. The zero-order valence-corrected chi connectivity index (χ0v) is 9.06. The number of aliphatic carboxylic acids is 1. The van der Waals surface area contributed by atoms with Crippen molar-refractivity contribution in [2.24, 2.45) is 0 Å². The maximum Gasteiger partial charge on any atom is 0.307 e. The van der Waals surface area contributed by atoms with Gasteiger partial charge in [-0.2, -0.15) is 0 Å². The Labute approximate surface area is 91.4 Å². The predicted octanol–water partition coefficient (Wildman–Crippen LogP) is 2.42. The summed E-state index contributed by atoms with van der Waals surface area (Å²) in [7, 11) is 1.29. The fourth-order valence-electron chi connectivity index (χ4n) is 1.33. The largest absolute Gasteiger partial charge is 0.493 e. The summed E-state index contributed by atoms with van der Waals surface area (Å²) in [6.45, 7) is 1.63. The topological polar surface area (TPSA) is 46.5 Å². The first-order chi connectivity index (χ1) is 6.97. The van der Waals surface area contributed by atoms with Gasteiger partial charge in [0.1, 0.15) is 0 Å². The van der Waals surface area contributed by atoms with Gasteiger partial charge in [-0.25, -0.2) is 4.39 Å². The molecule has 0 atom stereocenters. The molecule has 0 saturated carbocycles. The SMILES string of the molecule is COc1c(F)cc(Cl)c(C)c1CC(=O)O. The number of benzene rings is 1. The van der Waals surface area contributed by atoms with Crippen molar-refractivity contribution in [2.75, 3.05) is 7.11 Å². The number of methoxy groups -OCH3 is 1. The third kappa shape index (κ3) is 2.39. The molecular formula is C10H10ClFO3. The van der Waals surface area contributed by atoms with Gasteiger partial charge in [0.2, 0.25) is 0 Å². The van der Waals surface area contributed by atoms with Crippen molar-refractivity contribution >= 4 is 17.6 Å². The van der Waals surface area contributed by atoms with Crippen LogP contribution in [0.3, 0.4) is 0 Å². The molecule has 0 aliphatic rings. The van der Waals surface area contributed by atoms with Crippen LogP contribution in [0.1, 0.15) is 11.1 Å². The third-order valence-corrected chi connectivity index (χ3v) is 2.48. The highest BCUT2D eigenvalue weighted by Crippen LogP contribution is 2.31. The number of rotatable bonds is 3. The lowest BCUT2D eigenvalue weighted by Gasteiger charge is -2.12. The van der Waals surface area contributed by atoms with E-state index < -0.39 is 11.8 Å². The van der Waals surface area contributed by atoms with Gasteiger partial charge in [0, 0.05) is 10.6 Å². The minimum atomic E-state index is -1.06. The maximum absolute atomic E-state index is 13.3. The number of carboxylic acids is 1. The number of halogens is 2. The van der Waals surface area contributed by atoms with E-state index in [-0.39, 0.29) is 22.8 Å². The van der Waals surface area contributed by atoms with E-state index >= 15 is 0 Å². The maximum atomic E-state index is 13.3. The molecule has 1 aromatic rings. The molecule has 0 aromatic heterocycles. The van der Waals surface area contributed by atoms with Gasteiger partial charge in [0.05, 0.1) is 13.5 Å². The van der Waals surface area contributed by atoms with E-state index in [0.29, 0.717) is 5.56 Å². The molecule has 0 aliphatic heterocycles. The standard InChI is InChI=1S/C10H10ClFO3/c1-5-6(3-9(13)14)10(15-2)8(12)4-7(5)11/h4H,3H2,1-2H3,(H,13,14). The first-order valence-corrected chi connectivity index (χ1v) is 4.58. The highest BCUT2D eigenvalue weighted by atomic mass is 35.5. The Bertz CT molecular complexity index is 404. The minimum Gasteiger partial charge on any atom is -0.493 e. The van der Waals surface area contributed by atoms with Crippen LogP contribution in [0.15, 0.2) is 6.07 Å². The zero-order valence-electron chi connectivity index (χ0n) is 8.30. The van der Waals surface area contributed by atoms with Gasteiger partial charge in [-0.3, -0.25) is 4.79 Å². The normalized spacial score (nSPS) is 10.1. The monoisotopic (exact) mass is 232 g/mol. The molecule has 1 rings (SSSR count). The minimum absolute atomic E-state index is 0.0562. The molecule has 0 spiro atoms.